The molecule has 0 atom stereocenters. The van der Waals surface area contributed by atoms with Gasteiger partial charge in [0, 0.05) is 6.54 Å². The number of aromatic carboxylic acids is 1. The highest BCUT2D eigenvalue weighted by molar-refractivity contribution is 5.85. The summed E-state index contributed by atoms with van der Waals surface area (Å²) in [5, 5.41) is 13.0. The molecule has 118 valence electrons. The number of nitrogens with two attached hydrogens (primary N) is 1. The summed E-state index contributed by atoms with van der Waals surface area (Å²) in [6.45, 7) is 1.65. The summed E-state index contributed by atoms with van der Waals surface area (Å²) >= 11 is 0. The van der Waals surface area contributed by atoms with Crippen LogP contribution in [0.5, 0.6) is 0 Å². The maximum atomic E-state index is 10.8. The normalized spacial score (nSPS) is 11.0. The molecule has 0 aliphatic carbocycles. The zero-order valence-electron chi connectivity index (χ0n) is 13.0. The fraction of sp³-hybridized carbons (Fsp3) is 0.222. The molecule has 0 saturated heterocycles. The quantitative estimate of drug-likeness (QED) is 0.706. The Morgan fingerprint density at radius 1 is 1.17 bits per heavy atom. The fourth-order valence-electron chi connectivity index (χ4n) is 2.69. The highest BCUT2D eigenvalue weighted by Gasteiger charge is 2.11. The van der Waals surface area contributed by atoms with Crippen LogP contribution in [0.25, 0.3) is 11.0 Å². The molecule has 0 amide bonds. The van der Waals surface area contributed by atoms with Gasteiger partial charge in [-0.15, -0.1) is 0 Å². The largest absolute Gasteiger partial charge is 0.545 e. The molecule has 2 aromatic carbocycles. The molecule has 0 saturated carbocycles. The van der Waals surface area contributed by atoms with Crippen LogP contribution in [-0.4, -0.2) is 29.1 Å². The van der Waals surface area contributed by atoms with E-state index in [1.54, 1.807) is 12.1 Å². The maximum absolute atomic E-state index is 10.8. The van der Waals surface area contributed by atoms with Gasteiger partial charge in [0.1, 0.15) is 5.82 Å². The topological polar surface area (TPSA) is 74.6 Å². The van der Waals surface area contributed by atoms with Gasteiger partial charge in [-0.25, -0.2) is 4.98 Å². The molecule has 3 aromatic rings. The van der Waals surface area contributed by atoms with Crippen LogP contribution < -0.4 is 10.4 Å². The van der Waals surface area contributed by atoms with E-state index in [1.807, 2.05) is 37.4 Å². The third-order valence-electron chi connectivity index (χ3n) is 3.92. The van der Waals surface area contributed by atoms with Gasteiger partial charge in [0.15, 0.2) is 0 Å². The predicted molar refractivity (Wildman–Crippen MR) is 86.0 cm³/mol. The monoisotopic (exact) mass is 309 g/mol. The number of likely N-dealkylation sites (N-methyl/N-ethyl adjacent to an activating group) is 1. The van der Waals surface area contributed by atoms with E-state index in [0.717, 1.165) is 35.4 Å². The highest BCUT2D eigenvalue weighted by Crippen LogP contribution is 2.18. The van der Waals surface area contributed by atoms with E-state index < -0.39 is 5.97 Å². The number of carbonyl (C=O) groups is 1. The number of nitrogens with zero attached hydrogens (tertiary/aromatic N) is 2. The number of fused-ring (bicyclic) bond motifs is 1. The molecule has 1 heterocycles. The third kappa shape index (κ3) is 3.24. The second kappa shape index (κ2) is 6.62. The van der Waals surface area contributed by atoms with Gasteiger partial charge in [-0.2, -0.15) is 0 Å². The van der Waals surface area contributed by atoms with Crippen LogP contribution in [0.4, 0.5) is 0 Å². The molecular weight excluding hydrogens is 290 g/mol. The van der Waals surface area contributed by atoms with E-state index in [1.165, 1.54) is 0 Å². The first-order valence-corrected chi connectivity index (χ1v) is 7.71. The molecule has 2 N–H and O–H groups in total. The lowest BCUT2D eigenvalue weighted by Crippen LogP contribution is -2.80. The van der Waals surface area contributed by atoms with Crippen molar-refractivity contribution in [2.45, 2.75) is 13.0 Å². The fourth-order valence-corrected chi connectivity index (χ4v) is 2.69. The minimum absolute atomic E-state index is 0.199. The molecule has 0 spiro atoms. The molecule has 0 unspecified atom stereocenters. The van der Waals surface area contributed by atoms with E-state index in [4.69, 9.17) is 4.98 Å². The van der Waals surface area contributed by atoms with Gasteiger partial charge in [-0.05, 0) is 23.3 Å². The van der Waals surface area contributed by atoms with Crippen molar-refractivity contribution in [1.82, 2.24) is 9.55 Å². The van der Waals surface area contributed by atoms with Crippen LogP contribution in [-0.2, 0) is 13.0 Å². The number of imidazole rings is 1. The summed E-state index contributed by atoms with van der Waals surface area (Å²) < 4.78 is 2.20. The van der Waals surface area contributed by atoms with Gasteiger partial charge in [0.25, 0.3) is 0 Å². The van der Waals surface area contributed by atoms with Crippen molar-refractivity contribution >= 4 is 17.0 Å². The molecule has 5 heteroatoms. The Kier molecular flexibility index (Phi) is 4.39. The molecule has 0 aliphatic heterocycles. The van der Waals surface area contributed by atoms with E-state index in [-0.39, 0.29) is 5.56 Å². The van der Waals surface area contributed by atoms with Gasteiger partial charge in [0.2, 0.25) is 0 Å². The van der Waals surface area contributed by atoms with Crippen molar-refractivity contribution in [3.63, 3.8) is 0 Å². The van der Waals surface area contributed by atoms with Crippen LogP contribution in [0.2, 0.25) is 0 Å². The number of hydrogen-bond donors (Lipinski definition) is 1. The number of rotatable bonds is 6. The number of hydrogen-bond acceptors (Lipinski definition) is 3. The Balaban J connectivity index is 1.95. The lowest BCUT2D eigenvalue weighted by molar-refractivity contribution is -0.626. The highest BCUT2D eigenvalue weighted by atomic mass is 16.4. The number of benzene rings is 2. The minimum atomic E-state index is -1.15. The van der Waals surface area contributed by atoms with Crippen molar-refractivity contribution in [3.8, 4) is 0 Å². The van der Waals surface area contributed by atoms with E-state index in [0.29, 0.717) is 6.54 Å². The summed E-state index contributed by atoms with van der Waals surface area (Å²) in [7, 11) is 2.05. The zero-order valence-corrected chi connectivity index (χ0v) is 13.0. The van der Waals surface area contributed by atoms with Crippen molar-refractivity contribution in [1.29, 1.82) is 0 Å². The SMILES string of the molecule is C[NH2+]CCc1nc2ccccc2n1Cc1ccc(C(=O)[O-])cc1. The number of carboxylic acids is 1. The smallest absolute Gasteiger partial charge is 0.115 e. The van der Waals surface area contributed by atoms with Gasteiger partial charge in [-0.3, -0.25) is 0 Å². The summed E-state index contributed by atoms with van der Waals surface area (Å²) in [5.41, 5.74) is 3.33. The van der Waals surface area contributed by atoms with Crippen LogP contribution >= 0.6 is 0 Å². The third-order valence-corrected chi connectivity index (χ3v) is 3.92. The number of para-hydroxylation sites is 2. The Bertz CT molecular complexity index is 822. The van der Waals surface area contributed by atoms with E-state index in [2.05, 4.69) is 16.0 Å². The average Bonchev–Trinajstić information content (AvgIpc) is 2.91. The lowest BCUT2D eigenvalue weighted by atomic mass is 10.1. The second-order valence-electron chi connectivity index (χ2n) is 5.53. The first kappa shape index (κ1) is 15.2. The van der Waals surface area contributed by atoms with Gasteiger partial charge >= 0.3 is 0 Å². The molecule has 0 aliphatic rings. The van der Waals surface area contributed by atoms with Gasteiger partial charge in [0.05, 0.1) is 37.0 Å². The molecule has 0 bridgehead atoms. The molecule has 3 rings (SSSR count). The number of quaternary nitrogens is 1. The first-order chi connectivity index (χ1) is 11.2. The molecule has 5 nitrogen and oxygen atoms in total. The van der Waals surface area contributed by atoms with E-state index in [9.17, 15) is 9.90 Å². The number of carbonyl (C=O) groups excluding carboxylic acids is 1. The minimum Gasteiger partial charge on any atom is -0.545 e. The van der Waals surface area contributed by atoms with Crippen LogP contribution in [0.3, 0.4) is 0 Å². The Morgan fingerprint density at radius 3 is 2.61 bits per heavy atom. The molecule has 0 radical (unpaired) electrons. The van der Waals surface area contributed by atoms with Crippen molar-refractivity contribution in [2.75, 3.05) is 13.6 Å². The molecule has 0 fully saturated rings. The summed E-state index contributed by atoms with van der Waals surface area (Å²) in [6.07, 6.45) is 0.891. The Morgan fingerprint density at radius 2 is 1.91 bits per heavy atom. The summed E-state index contributed by atoms with van der Waals surface area (Å²) in [6, 6.07) is 14.9. The Labute approximate surface area is 134 Å². The van der Waals surface area contributed by atoms with E-state index >= 15 is 0 Å². The van der Waals surface area contributed by atoms with Crippen molar-refractivity contribution in [3.05, 3.63) is 65.5 Å². The lowest BCUT2D eigenvalue weighted by Gasteiger charge is -2.10. The maximum Gasteiger partial charge on any atom is 0.115 e. The van der Waals surface area contributed by atoms with Gasteiger partial charge < -0.3 is 19.8 Å². The van der Waals surface area contributed by atoms with Crippen molar-refractivity contribution in [2.24, 2.45) is 0 Å². The standard InChI is InChI=1S/C18H19N3O2/c1-19-11-10-17-20-15-4-2-3-5-16(15)21(17)12-13-6-8-14(9-7-13)18(22)23/h2-9,19H,10-12H2,1H3,(H,22,23). The predicted octanol–water partition coefficient (Wildman–Crippen LogP) is 0.184. The Hall–Kier alpha value is -2.66. The van der Waals surface area contributed by atoms with Crippen LogP contribution in [0.1, 0.15) is 21.7 Å². The second-order valence-corrected chi connectivity index (χ2v) is 5.53. The van der Waals surface area contributed by atoms with Crippen LogP contribution in [0, 0.1) is 0 Å². The average molecular weight is 309 g/mol. The first-order valence-electron chi connectivity index (χ1n) is 7.71. The summed E-state index contributed by atoms with van der Waals surface area (Å²) in [5.74, 6) is -0.0999. The number of aromatic nitrogens is 2. The summed E-state index contributed by atoms with van der Waals surface area (Å²) in [4.78, 5) is 15.6. The zero-order chi connectivity index (χ0) is 16.2. The molecular formula is C18H19N3O2. The molecule has 1 aromatic heterocycles. The van der Waals surface area contributed by atoms with Crippen LogP contribution in [0.15, 0.2) is 48.5 Å². The number of carboxylic acid groups (broad SMARTS) is 1. The van der Waals surface area contributed by atoms with Gasteiger partial charge in [-0.1, -0.05) is 36.4 Å². The molecule has 23 heavy (non-hydrogen) atoms. The van der Waals surface area contributed by atoms with Crippen molar-refractivity contribution < 1.29 is 15.2 Å².